The third-order valence-electron chi connectivity index (χ3n) is 1.79. The number of Topliss-reactive ketones (excluding diaryl/α,β-unsaturated/α-hetero) is 1. The second-order valence-electron chi connectivity index (χ2n) is 2.77. The normalized spacial score (nSPS) is 11.7. The van der Waals surface area contributed by atoms with Crippen molar-refractivity contribution in [3.05, 3.63) is 46.0 Å². The molecule has 0 heterocycles. The van der Waals surface area contributed by atoms with Gasteiger partial charge in [-0.3, -0.25) is 14.9 Å². The summed E-state index contributed by atoms with van der Waals surface area (Å²) in [6, 6.07) is 5.47. The molecule has 1 aromatic rings. The monoisotopic (exact) mass is 209 g/mol. The molecule has 15 heavy (non-hydrogen) atoms. The minimum Gasteiger partial charge on any atom is -0.475 e. The van der Waals surface area contributed by atoms with Crippen LogP contribution in [-0.2, 0) is 9.59 Å². The zero-order valence-corrected chi connectivity index (χ0v) is 7.49. The van der Waals surface area contributed by atoms with Gasteiger partial charge in [-0.05, 0) is 0 Å². The highest BCUT2D eigenvalue weighted by atomic mass is 16.6. The molecule has 0 radical (unpaired) electrons. The van der Waals surface area contributed by atoms with Gasteiger partial charge in [-0.1, -0.05) is 30.3 Å². The van der Waals surface area contributed by atoms with Gasteiger partial charge in [0.1, 0.15) is 0 Å². The second kappa shape index (κ2) is 4.32. The van der Waals surface area contributed by atoms with Gasteiger partial charge in [-0.15, -0.1) is 0 Å². The molecule has 1 atom stereocenters. The first-order valence-electron chi connectivity index (χ1n) is 3.99. The zero-order valence-electron chi connectivity index (χ0n) is 7.49. The molecule has 6 heteroatoms. The van der Waals surface area contributed by atoms with Crippen LogP contribution < -0.4 is 0 Å². The lowest BCUT2D eigenvalue weighted by molar-refractivity contribution is -0.512. The first kappa shape index (κ1) is 10.8. The van der Waals surface area contributed by atoms with Gasteiger partial charge >= 0.3 is 17.8 Å². The Bertz CT molecular complexity index is 400. The van der Waals surface area contributed by atoms with Crippen LogP contribution in [0.2, 0.25) is 0 Å². The van der Waals surface area contributed by atoms with E-state index in [0.717, 1.165) is 0 Å². The first-order valence-corrected chi connectivity index (χ1v) is 3.99. The largest absolute Gasteiger partial charge is 0.475 e. The van der Waals surface area contributed by atoms with Crippen molar-refractivity contribution >= 4 is 11.8 Å². The smallest absolute Gasteiger partial charge is 0.380 e. The molecule has 0 saturated heterocycles. The van der Waals surface area contributed by atoms with Crippen molar-refractivity contribution < 1.29 is 19.6 Å². The standard InChI is InChI=1S/C9H7NO5/c11-8(9(12)13)7(10(14)15)6-4-2-1-3-5-6/h1-5,7H,(H,12,13). The maximum atomic E-state index is 11.0. The van der Waals surface area contributed by atoms with Crippen molar-refractivity contribution in [1.82, 2.24) is 0 Å². The minimum absolute atomic E-state index is 0.0647. The van der Waals surface area contributed by atoms with Crippen LogP contribution in [0.5, 0.6) is 0 Å². The Morgan fingerprint density at radius 2 is 1.80 bits per heavy atom. The zero-order chi connectivity index (χ0) is 11.4. The molecule has 1 unspecified atom stereocenters. The number of nitrogens with zero attached hydrogens (tertiary/aromatic N) is 1. The van der Waals surface area contributed by atoms with E-state index in [1.165, 1.54) is 24.3 Å². The molecule has 0 aliphatic carbocycles. The number of hydrogen-bond donors (Lipinski definition) is 1. The van der Waals surface area contributed by atoms with E-state index in [4.69, 9.17) is 5.11 Å². The number of rotatable bonds is 4. The molecular formula is C9H7NO5. The van der Waals surface area contributed by atoms with E-state index in [0.29, 0.717) is 0 Å². The van der Waals surface area contributed by atoms with Gasteiger partial charge in [0.05, 0.1) is 0 Å². The molecule has 0 saturated carbocycles. The van der Waals surface area contributed by atoms with E-state index in [9.17, 15) is 19.7 Å². The van der Waals surface area contributed by atoms with Crippen molar-refractivity contribution in [3.63, 3.8) is 0 Å². The first-order chi connectivity index (χ1) is 7.04. The summed E-state index contributed by atoms with van der Waals surface area (Å²) < 4.78 is 0. The van der Waals surface area contributed by atoms with Crippen LogP contribution in [0.3, 0.4) is 0 Å². The van der Waals surface area contributed by atoms with Crippen LogP contribution in [0.25, 0.3) is 0 Å². The van der Waals surface area contributed by atoms with Crippen LogP contribution in [0.1, 0.15) is 11.6 Å². The molecule has 0 fully saturated rings. The summed E-state index contributed by atoms with van der Waals surface area (Å²) >= 11 is 0. The van der Waals surface area contributed by atoms with Gasteiger partial charge in [-0.2, -0.15) is 0 Å². The number of nitro groups is 1. The highest BCUT2D eigenvalue weighted by Crippen LogP contribution is 2.17. The van der Waals surface area contributed by atoms with Crippen LogP contribution >= 0.6 is 0 Å². The number of ketones is 1. The summed E-state index contributed by atoms with van der Waals surface area (Å²) in [5.74, 6) is -3.24. The fourth-order valence-corrected chi connectivity index (χ4v) is 1.12. The molecule has 1 N–H and O–H groups in total. The van der Waals surface area contributed by atoms with E-state index >= 15 is 0 Å². The summed E-state index contributed by atoms with van der Waals surface area (Å²) in [5.41, 5.74) is 0.0647. The molecule has 78 valence electrons. The molecule has 0 aromatic heterocycles. The van der Waals surface area contributed by atoms with Gasteiger partial charge in [0.2, 0.25) is 0 Å². The molecule has 1 rings (SSSR count). The maximum absolute atomic E-state index is 11.0. The second-order valence-corrected chi connectivity index (χ2v) is 2.77. The number of benzene rings is 1. The lowest BCUT2D eigenvalue weighted by Crippen LogP contribution is -2.27. The number of carboxylic acid groups (broad SMARTS) is 1. The summed E-state index contributed by atoms with van der Waals surface area (Å²) in [6.45, 7) is 0. The third-order valence-corrected chi connectivity index (χ3v) is 1.79. The highest BCUT2D eigenvalue weighted by molar-refractivity contribution is 6.34. The predicted octanol–water partition coefficient (Wildman–Crippen LogP) is 0.658. The van der Waals surface area contributed by atoms with Crippen molar-refractivity contribution in [1.29, 1.82) is 0 Å². The molecule has 0 aliphatic heterocycles. The SMILES string of the molecule is O=C(O)C(=O)C(c1ccccc1)[N+](=O)[O-]. The Labute approximate surface area is 84.3 Å². The van der Waals surface area contributed by atoms with Crippen molar-refractivity contribution in [3.8, 4) is 0 Å². The Morgan fingerprint density at radius 3 is 2.20 bits per heavy atom. The van der Waals surface area contributed by atoms with E-state index < -0.39 is 22.7 Å². The number of aliphatic carboxylic acids is 1. The number of carbonyl (C=O) groups is 2. The third kappa shape index (κ3) is 2.37. The number of carboxylic acids is 1. The fraction of sp³-hybridized carbons (Fsp3) is 0.111. The Morgan fingerprint density at radius 1 is 1.27 bits per heavy atom. The fourth-order valence-electron chi connectivity index (χ4n) is 1.12. The van der Waals surface area contributed by atoms with Gasteiger partial charge in [0.25, 0.3) is 0 Å². The van der Waals surface area contributed by atoms with Crippen LogP contribution in [0.15, 0.2) is 30.3 Å². The Balaban J connectivity index is 3.10. The summed E-state index contributed by atoms with van der Waals surface area (Å²) in [5, 5.41) is 19.0. The van der Waals surface area contributed by atoms with Crippen molar-refractivity contribution in [2.75, 3.05) is 0 Å². The molecule has 1 aromatic carbocycles. The van der Waals surface area contributed by atoms with Crippen LogP contribution in [0, 0.1) is 10.1 Å². The lowest BCUT2D eigenvalue weighted by Gasteiger charge is -2.05. The highest BCUT2D eigenvalue weighted by Gasteiger charge is 2.36. The Hall–Kier alpha value is -2.24. The van der Waals surface area contributed by atoms with Gasteiger partial charge in [-0.25, -0.2) is 4.79 Å². The van der Waals surface area contributed by atoms with E-state index in [-0.39, 0.29) is 5.56 Å². The summed E-state index contributed by atoms with van der Waals surface area (Å²) in [4.78, 5) is 31.1. The lowest BCUT2D eigenvalue weighted by atomic mass is 10.0. The molecule has 0 spiro atoms. The van der Waals surface area contributed by atoms with Crippen molar-refractivity contribution in [2.24, 2.45) is 0 Å². The molecule has 0 bridgehead atoms. The number of carbonyl (C=O) groups excluding carboxylic acids is 1. The predicted molar refractivity (Wildman–Crippen MR) is 48.8 cm³/mol. The van der Waals surface area contributed by atoms with E-state index in [1.807, 2.05) is 0 Å². The topological polar surface area (TPSA) is 97.5 Å². The maximum Gasteiger partial charge on any atom is 0.380 e. The minimum atomic E-state index is -1.83. The quantitative estimate of drug-likeness (QED) is 0.446. The molecule has 0 aliphatic rings. The number of hydrogen-bond acceptors (Lipinski definition) is 4. The van der Waals surface area contributed by atoms with E-state index in [2.05, 4.69) is 0 Å². The molecular weight excluding hydrogens is 202 g/mol. The van der Waals surface area contributed by atoms with Gasteiger partial charge in [0.15, 0.2) is 0 Å². The average Bonchev–Trinajstić information content (AvgIpc) is 2.18. The average molecular weight is 209 g/mol. The molecule has 0 amide bonds. The van der Waals surface area contributed by atoms with Crippen LogP contribution in [0.4, 0.5) is 0 Å². The van der Waals surface area contributed by atoms with Crippen LogP contribution in [-0.4, -0.2) is 21.8 Å². The Kier molecular flexibility index (Phi) is 3.12. The summed E-state index contributed by atoms with van der Waals surface area (Å²) in [6.07, 6.45) is 0. The summed E-state index contributed by atoms with van der Waals surface area (Å²) in [7, 11) is 0. The van der Waals surface area contributed by atoms with Gasteiger partial charge < -0.3 is 5.11 Å². The van der Waals surface area contributed by atoms with Gasteiger partial charge in [0, 0.05) is 10.5 Å². The van der Waals surface area contributed by atoms with E-state index in [1.54, 1.807) is 6.07 Å². The van der Waals surface area contributed by atoms with Crippen molar-refractivity contribution in [2.45, 2.75) is 6.04 Å². The molecule has 6 nitrogen and oxygen atoms in total.